The third-order valence-corrected chi connectivity index (χ3v) is 3.52. The fourth-order valence-electron chi connectivity index (χ4n) is 2.47. The molecule has 0 bridgehead atoms. The van der Waals surface area contributed by atoms with Crippen LogP contribution in [0.4, 0.5) is 0 Å². The third-order valence-electron chi connectivity index (χ3n) is 3.52. The van der Waals surface area contributed by atoms with Crippen molar-refractivity contribution >= 4 is 0 Å². The predicted molar refractivity (Wildman–Crippen MR) is 89.1 cm³/mol. The van der Waals surface area contributed by atoms with Crippen molar-refractivity contribution in [2.75, 3.05) is 13.2 Å². The van der Waals surface area contributed by atoms with Crippen LogP contribution in [0.1, 0.15) is 6.92 Å². The number of hydrogen-bond donors (Lipinski definition) is 1. The van der Waals surface area contributed by atoms with Gasteiger partial charge in [0.1, 0.15) is 11.4 Å². The van der Waals surface area contributed by atoms with Crippen molar-refractivity contribution in [1.29, 1.82) is 0 Å². The predicted octanol–water partition coefficient (Wildman–Crippen LogP) is 3.00. The van der Waals surface area contributed by atoms with Crippen molar-refractivity contribution < 1.29 is 9.84 Å². The molecular formula is C18H19N3O2. The minimum Gasteiger partial charge on any atom is -0.494 e. The summed E-state index contributed by atoms with van der Waals surface area (Å²) in [4.78, 5) is 4.06. The summed E-state index contributed by atoms with van der Waals surface area (Å²) in [5.74, 6) is 0.844. The van der Waals surface area contributed by atoms with Crippen LogP contribution >= 0.6 is 0 Å². The lowest BCUT2D eigenvalue weighted by molar-refractivity contribution is 0.269. The fraction of sp³-hybridized carbons (Fsp3) is 0.222. The van der Waals surface area contributed by atoms with Gasteiger partial charge in [-0.05, 0) is 48.9 Å². The standard InChI is InChI=1S/C18H19N3O2/c1-2-23-16-5-3-15(4-6-16)18-17(13-21(20-18)11-12-22)14-7-9-19-10-8-14/h3-10,13,22H,2,11-12H2,1H3. The molecule has 5 heteroatoms. The number of hydrogen-bond acceptors (Lipinski definition) is 4. The fourth-order valence-corrected chi connectivity index (χ4v) is 2.47. The highest BCUT2D eigenvalue weighted by molar-refractivity contribution is 5.80. The number of benzene rings is 1. The Balaban J connectivity index is 2.03. The van der Waals surface area contributed by atoms with Gasteiger partial charge in [-0.25, -0.2) is 0 Å². The van der Waals surface area contributed by atoms with Crippen molar-refractivity contribution in [1.82, 2.24) is 14.8 Å². The quantitative estimate of drug-likeness (QED) is 0.760. The van der Waals surface area contributed by atoms with Gasteiger partial charge in [0, 0.05) is 29.7 Å². The molecule has 0 radical (unpaired) electrons. The molecular weight excluding hydrogens is 290 g/mol. The normalized spacial score (nSPS) is 10.7. The van der Waals surface area contributed by atoms with Crippen LogP contribution in [0.3, 0.4) is 0 Å². The number of aliphatic hydroxyl groups excluding tert-OH is 1. The highest BCUT2D eigenvalue weighted by Gasteiger charge is 2.13. The van der Waals surface area contributed by atoms with Crippen LogP contribution in [0, 0.1) is 0 Å². The Morgan fingerprint density at radius 3 is 2.43 bits per heavy atom. The topological polar surface area (TPSA) is 60.2 Å². The molecule has 3 aromatic rings. The SMILES string of the molecule is CCOc1ccc(-c2nn(CCO)cc2-c2ccncc2)cc1. The van der Waals surface area contributed by atoms with E-state index in [0.29, 0.717) is 13.2 Å². The molecule has 2 aromatic heterocycles. The first kappa shape index (κ1) is 15.2. The lowest BCUT2D eigenvalue weighted by Crippen LogP contribution is -2.02. The molecule has 3 rings (SSSR count). The first-order chi connectivity index (χ1) is 11.3. The van der Waals surface area contributed by atoms with Crippen LogP contribution in [0.5, 0.6) is 5.75 Å². The van der Waals surface area contributed by atoms with E-state index in [1.165, 1.54) is 0 Å². The van der Waals surface area contributed by atoms with Crippen LogP contribution in [0.2, 0.25) is 0 Å². The molecule has 0 atom stereocenters. The van der Waals surface area contributed by atoms with Crippen LogP contribution in [0.15, 0.2) is 55.0 Å². The zero-order valence-electron chi connectivity index (χ0n) is 13.0. The molecule has 0 saturated heterocycles. The van der Waals surface area contributed by atoms with E-state index < -0.39 is 0 Å². The highest BCUT2D eigenvalue weighted by atomic mass is 16.5. The van der Waals surface area contributed by atoms with E-state index in [1.807, 2.05) is 49.5 Å². The Morgan fingerprint density at radius 1 is 1.04 bits per heavy atom. The minimum atomic E-state index is 0.0557. The Kier molecular flexibility index (Phi) is 4.68. The van der Waals surface area contributed by atoms with Gasteiger partial charge in [-0.1, -0.05) is 0 Å². The Hall–Kier alpha value is -2.66. The van der Waals surface area contributed by atoms with Crippen LogP contribution in [-0.4, -0.2) is 33.1 Å². The zero-order chi connectivity index (χ0) is 16.1. The molecule has 0 amide bonds. The molecule has 0 saturated carbocycles. The van der Waals surface area contributed by atoms with Crippen molar-refractivity contribution in [2.45, 2.75) is 13.5 Å². The number of aromatic nitrogens is 3. The Labute approximate surface area is 135 Å². The third kappa shape index (κ3) is 3.40. The molecule has 0 aliphatic carbocycles. The summed E-state index contributed by atoms with van der Waals surface area (Å²) in [6.07, 6.45) is 5.48. The molecule has 23 heavy (non-hydrogen) atoms. The number of rotatable bonds is 6. The van der Waals surface area contributed by atoms with E-state index in [4.69, 9.17) is 9.84 Å². The first-order valence-electron chi connectivity index (χ1n) is 7.63. The molecule has 118 valence electrons. The maximum absolute atomic E-state index is 9.17. The molecule has 0 aliphatic heterocycles. The summed E-state index contributed by atoms with van der Waals surface area (Å²) < 4.78 is 7.25. The largest absolute Gasteiger partial charge is 0.494 e. The maximum atomic E-state index is 9.17. The summed E-state index contributed by atoms with van der Waals surface area (Å²) >= 11 is 0. The summed E-state index contributed by atoms with van der Waals surface area (Å²) in [6.45, 7) is 3.13. The van der Waals surface area contributed by atoms with Crippen molar-refractivity contribution in [3.8, 4) is 28.1 Å². The average molecular weight is 309 g/mol. The average Bonchev–Trinajstić information content (AvgIpc) is 3.01. The Morgan fingerprint density at radius 2 is 1.78 bits per heavy atom. The van der Waals surface area contributed by atoms with E-state index in [-0.39, 0.29) is 6.61 Å². The van der Waals surface area contributed by atoms with Crippen LogP contribution in [-0.2, 0) is 6.54 Å². The molecule has 5 nitrogen and oxygen atoms in total. The van der Waals surface area contributed by atoms with Gasteiger partial charge in [-0.15, -0.1) is 0 Å². The zero-order valence-corrected chi connectivity index (χ0v) is 13.0. The summed E-state index contributed by atoms with van der Waals surface area (Å²) in [6, 6.07) is 11.8. The van der Waals surface area contributed by atoms with Gasteiger partial charge < -0.3 is 9.84 Å². The second kappa shape index (κ2) is 7.07. The molecule has 1 N–H and O–H groups in total. The molecule has 1 aromatic carbocycles. The number of ether oxygens (including phenoxy) is 1. The summed E-state index contributed by atoms with van der Waals surface area (Å²) in [7, 11) is 0. The number of nitrogens with zero attached hydrogens (tertiary/aromatic N) is 3. The van der Waals surface area contributed by atoms with Crippen LogP contribution < -0.4 is 4.74 Å². The van der Waals surface area contributed by atoms with Gasteiger partial charge >= 0.3 is 0 Å². The van der Waals surface area contributed by atoms with Gasteiger partial charge in [-0.3, -0.25) is 9.67 Å². The van der Waals surface area contributed by atoms with E-state index in [2.05, 4.69) is 10.1 Å². The van der Waals surface area contributed by atoms with Crippen molar-refractivity contribution in [2.24, 2.45) is 0 Å². The minimum absolute atomic E-state index is 0.0557. The van der Waals surface area contributed by atoms with E-state index in [9.17, 15) is 0 Å². The molecule has 0 aliphatic rings. The molecule has 0 spiro atoms. The smallest absolute Gasteiger partial charge is 0.119 e. The monoisotopic (exact) mass is 309 g/mol. The lowest BCUT2D eigenvalue weighted by Gasteiger charge is -2.05. The van der Waals surface area contributed by atoms with Gasteiger partial charge in [0.05, 0.1) is 19.8 Å². The van der Waals surface area contributed by atoms with Crippen molar-refractivity contribution in [3.05, 3.63) is 55.0 Å². The number of pyridine rings is 1. The Bertz CT molecular complexity index is 752. The maximum Gasteiger partial charge on any atom is 0.119 e. The van der Waals surface area contributed by atoms with Crippen LogP contribution in [0.25, 0.3) is 22.4 Å². The van der Waals surface area contributed by atoms with E-state index in [0.717, 1.165) is 28.1 Å². The van der Waals surface area contributed by atoms with Gasteiger partial charge in [0.15, 0.2) is 0 Å². The molecule has 2 heterocycles. The molecule has 0 unspecified atom stereocenters. The second-order valence-electron chi connectivity index (χ2n) is 5.07. The van der Waals surface area contributed by atoms with E-state index >= 15 is 0 Å². The molecule has 0 fully saturated rings. The van der Waals surface area contributed by atoms with Gasteiger partial charge in [0.25, 0.3) is 0 Å². The second-order valence-corrected chi connectivity index (χ2v) is 5.07. The van der Waals surface area contributed by atoms with E-state index in [1.54, 1.807) is 17.1 Å². The van der Waals surface area contributed by atoms with Crippen molar-refractivity contribution in [3.63, 3.8) is 0 Å². The number of aliphatic hydroxyl groups is 1. The lowest BCUT2D eigenvalue weighted by atomic mass is 10.0. The summed E-state index contributed by atoms with van der Waals surface area (Å²) in [5, 5.41) is 13.8. The highest BCUT2D eigenvalue weighted by Crippen LogP contribution is 2.31. The first-order valence-corrected chi connectivity index (χ1v) is 7.63. The van der Waals surface area contributed by atoms with Gasteiger partial charge in [-0.2, -0.15) is 5.10 Å². The van der Waals surface area contributed by atoms with Gasteiger partial charge in [0.2, 0.25) is 0 Å². The summed E-state index contributed by atoms with van der Waals surface area (Å²) in [5.41, 5.74) is 3.96.